The van der Waals surface area contributed by atoms with Crippen LogP contribution in [0.2, 0.25) is 10.0 Å². The Morgan fingerprint density at radius 2 is 1.92 bits per heavy atom. The Kier molecular flexibility index (Phi) is 7.05. The molecule has 0 aliphatic rings. The molecule has 0 saturated carbocycles. The molecule has 25 heavy (non-hydrogen) atoms. The zero-order valence-electron chi connectivity index (χ0n) is 14.6. The third kappa shape index (κ3) is 5.88. The number of nitrogens with zero attached hydrogens (tertiary/aromatic N) is 2. The molecule has 0 saturated heterocycles. The molecule has 7 heteroatoms. The molecule has 1 aromatic carbocycles. The molecule has 0 bridgehead atoms. The van der Waals surface area contributed by atoms with Gasteiger partial charge in [-0.1, -0.05) is 35.3 Å². The van der Waals surface area contributed by atoms with Crippen molar-refractivity contribution in [2.75, 3.05) is 37.4 Å². The van der Waals surface area contributed by atoms with E-state index in [2.05, 4.69) is 46.4 Å². The molecular formula is C18H23Cl2N4O+. The fourth-order valence-corrected chi connectivity index (χ4v) is 2.85. The number of halogens is 2. The van der Waals surface area contributed by atoms with Gasteiger partial charge in [0.15, 0.2) is 12.4 Å². The standard InChI is InChI=1S/C18H22Cl2N4O/c1-4-24(11-13-5-7-15(8-6-13)23(2)3)12-17(25)22-18-16(20)9-14(19)10-21-18/h5-10H,4,11-12H2,1-3H3,(H,21,22,25)/p+1. The number of nitrogens with one attached hydrogen (secondary N) is 2. The number of amides is 1. The van der Waals surface area contributed by atoms with Crippen LogP contribution in [0.15, 0.2) is 36.5 Å². The van der Waals surface area contributed by atoms with Gasteiger partial charge < -0.3 is 15.1 Å². The predicted molar refractivity (Wildman–Crippen MR) is 104 cm³/mol. The molecule has 1 heterocycles. The Bertz CT molecular complexity index is 720. The number of pyridine rings is 1. The zero-order valence-corrected chi connectivity index (χ0v) is 16.2. The van der Waals surface area contributed by atoms with Gasteiger partial charge in [0, 0.05) is 31.5 Å². The Balaban J connectivity index is 1.95. The molecule has 2 rings (SSSR count). The van der Waals surface area contributed by atoms with Gasteiger partial charge in [-0.3, -0.25) is 4.79 Å². The number of carbonyl (C=O) groups is 1. The number of benzene rings is 1. The summed E-state index contributed by atoms with van der Waals surface area (Å²) in [5, 5.41) is 3.51. The Morgan fingerprint density at radius 1 is 1.24 bits per heavy atom. The summed E-state index contributed by atoms with van der Waals surface area (Å²) in [6, 6.07) is 9.92. The largest absolute Gasteiger partial charge is 0.378 e. The van der Waals surface area contributed by atoms with Crippen LogP contribution in [0.25, 0.3) is 0 Å². The summed E-state index contributed by atoms with van der Waals surface area (Å²) in [5.74, 6) is 0.209. The van der Waals surface area contributed by atoms with E-state index in [1.165, 1.54) is 11.8 Å². The van der Waals surface area contributed by atoms with Crippen LogP contribution in [0.4, 0.5) is 11.5 Å². The van der Waals surface area contributed by atoms with Crippen molar-refractivity contribution in [3.8, 4) is 0 Å². The van der Waals surface area contributed by atoms with Gasteiger partial charge in [0.25, 0.3) is 5.91 Å². The quantitative estimate of drug-likeness (QED) is 0.774. The van der Waals surface area contributed by atoms with Gasteiger partial charge in [-0.15, -0.1) is 0 Å². The van der Waals surface area contributed by atoms with E-state index >= 15 is 0 Å². The highest BCUT2D eigenvalue weighted by Gasteiger charge is 2.15. The first kappa shape index (κ1) is 19.5. The minimum absolute atomic E-state index is 0.126. The molecule has 0 fully saturated rings. The molecule has 0 aliphatic heterocycles. The molecule has 1 unspecified atom stereocenters. The van der Waals surface area contributed by atoms with E-state index in [1.807, 2.05) is 14.1 Å². The Labute approximate surface area is 158 Å². The van der Waals surface area contributed by atoms with Gasteiger partial charge in [0.05, 0.1) is 16.6 Å². The summed E-state index contributed by atoms with van der Waals surface area (Å²) in [6.45, 7) is 4.01. The van der Waals surface area contributed by atoms with Crippen LogP contribution < -0.4 is 15.1 Å². The molecular weight excluding hydrogens is 359 g/mol. The molecule has 1 amide bonds. The second-order valence-electron chi connectivity index (χ2n) is 6.05. The molecule has 134 valence electrons. The highest BCUT2D eigenvalue weighted by molar-refractivity contribution is 6.36. The van der Waals surface area contributed by atoms with Gasteiger partial charge in [0.2, 0.25) is 0 Å². The van der Waals surface area contributed by atoms with Crippen molar-refractivity contribution in [1.29, 1.82) is 0 Å². The number of hydrogen-bond donors (Lipinski definition) is 2. The normalized spacial score (nSPS) is 11.9. The first-order valence-corrected chi connectivity index (χ1v) is 8.85. The smallest absolute Gasteiger partial charge is 0.280 e. The number of aromatic nitrogens is 1. The van der Waals surface area contributed by atoms with Gasteiger partial charge in [-0.05, 0) is 25.1 Å². The van der Waals surface area contributed by atoms with Crippen LogP contribution in [-0.4, -0.2) is 38.1 Å². The van der Waals surface area contributed by atoms with Crippen LogP contribution in [0.5, 0.6) is 0 Å². The third-order valence-electron chi connectivity index (χ3n) is 3.88. The summed E-state index contributed by atoms with van der Waals surface area (Å²) in [4.78, 5) is 19.5. The first-order chi connectivity index (χ1) is 11.9. The van der Waals surface area contributed by atoms with Crippen molar-refractivity contribution in [3.05, 3.63) is 52.1 Å². The topological polar surface area (TPSA) is 49.7 Å². The van der Waals surface area contributed by atoms with E-state index in [-0.39, 0.29) is 5.91 Å². The SMILES string of the molecule is CC[NH+](CC(=O)Nc1ncc(Cl)cc1Cl)Cc1ccc(N(C)C)cc1. The molecule has 0 spiro atoms. The number of likely N-dealkylation sites (N-methyl/N-ethyl adjacent to an activating group) is 1. The maximum atomic E-state index is 12.3. The lowest BCUT2D eigenvalue weighted by Gasteiger charge is -2.18. The minimum atomic E-state index is -0.126. The van der Waals surface area contributed by atoms with Gasteiger partial charge in [-0.2, -0.15) is 0 Å². The van der Waals surface area contributed by atoms with E-state index in [0.717, 1.165) is 23.7 Å². The molecule has 1 atom stereocenters. The maximum Gasteiger partial charge on any atom is 0.280 e. The Hall–Kier alpha value is -1.82. The maximum absolute atomic E-state index is 12.3. The van der Waals surface area contributed by atoms with Gasteiger partial charge in [0.1, 0.15) is 6.54 Å². The summed E-state index contributed by atoms with van der Waals surface area (Å²) in [7, 11) is 4.03. The third-order valence-corrected chi connectivity index (χ3v) is 4.38. The van der Waals surface area contributed by atoms with Crippen LogP contribution >= 0.6 is 23.2 Å². The van der Waals surface area contributed by atoms with Crippen molar-refractivity contribution in [1.82, 2.24) is 4.98 Å². The van der Waals surface area contributed by atoms with Crippen molar-refractivity contribution in [2.24, 2.45) is 0 Å². The highest BCUT2D eigenvalue weighted by Crippen LogP contribution is 2.22. The first-order valence-electron chi connectivity index (χ1n) is 8.09. The number of quaternary nitrogens is 1. The average molecular weight is 382 g/mol. The molecule has 0 aliphatic carbocycles. The van der Waals surface area contributed by atoms with E-state index in [0.29, 0.717) is 22.4 Å². The molecule has 2 aromatic rings. The van der Waals surface area contributed by atoms with Crippen molar-refractivity contribution in [3.63, 3.8) is 0 Å². The summed E-state index contributed by atoms with van der Waals surface area (Å²) < 4.78 is 0. The minimum Gasteiger partial charge on any atom is -0.378 e. The fraction of sp³-hybridized carbons (Fsp3) is 0.333. The van der Waals surface area contributed by atoms with E-state index in [4.69, 9.17) is 23.2 Å². The number of anilines is 2. The summed E-state index contributed by atoms with van der Waals surface area (Å²) in [5.41, 5.74) is 2.35. The van der Waals surface area contributed by atoms with Crippen LogP contribution in [0.3, 0.4) is 0 Å². The van der Waals surface area contributed by atoms with E-state index in [9.17, 15) is 4.79 Å². The number of hydrogen-bond acceptors (Lipinski definition) is 3. The van der Waals surface area contributed by atoms with Gasteiger partial charge >= 0.3 is 0 Å². The molecule has 1 aromatic heterocycles. The van der Waals surface area contributed by atoms with Crippen LogP contribution in [0, 0.1) is 0 Å². The van der Waals surface area contributed by atoms with Crippen molar-refractivity contribution >= 4 is 40.6 Å². The monoisotopic (exact) mass is 381 g/mol. The van der Waals surface area contributed by atoms with Crippen LogP contribution in [-0.2, 0) is 11.3 Å². The molecule has 2 N–H and O–H groups in total. The van der Waals surface area contributed by atoms with Crippen molar-refractivity contribution < 1.29 is 9.69 Å². The number of carbonyl (C=O) groups excluding carboxylic acids is 1. The summed E-state index contributed by atoms with van der Waals surface area (Å²) >= 11 is 11.9. The molecule has 0 radical (unpaired) electrons. The lowest BCUT2D eigenvalue weighted by atomic mass is 10.2. The lowest BCUT2D eigenvalue weighted by Crippen LogP contribution is -3.11. The molecule has 5 nitrogen and oxygen atoms in total. The van der Waals surface area contributed by atoms with E-state index < -0.39 is 0 Å². The van der Waals surface area contributed by atoms with Crippen molar-refractivity contribution in [2.45, 2.75) is 13.5 Å². The lowest BCUT2D eigenvalue weighted by molar-refractivity contribution is -0.903. The Morgan fingerprint density at radius 3 is 2.48 bits per heavy atom. The fourth-order valence-electron chi connectivity index (χ4n) is 2.42. The second kappa shape index (κ2) is 9.04. The zero-order chi connectivity index (χ0) is 18.4. The number of rotatable bonds is 7. The van der Waals surface area contributed by atoms with Crippen LogP contribution in [0.1, 0.15) is 12.5 Å². The average Bonchev–Trinajstić information content (AvgIpc) is 2.57. The highest BCUT2D eigenvalue weighted by atomic mass is 35.5. The second-order valence-corrected chi connectivity index (χ2v) is 6.89. The predicted octanol–water partition coefficient (Wildman–Crippen LogP) is 2.50. The van der Waals surface area contributed by atoms with E-state index in [1.54, 1.807) is 6.07 Å². The summed E-state index contributed by atoms with van der Waals surface area (Å²) in [6.07, 6.45) is 1.46. The van der Waals surface area contributed by atoms with Gasteiger partial charge in [-0.25, -0.2) is 4.98 Å².